The molecule has 2 heterocycles. The summed E-state index contributed by atoms with van der Waals surface area (Å²) in [6, 6.07) is 8.07. The molecule has 23 heavy (non-hydrogen) atoms. The number of thiazole rings is 1. The smallest absolute Gasteiger partial charge is 0.232 e. The lowest BCUT2D eigenvalue weighted by Gasteiger charge is -2.10. The van der Waals surface area contributed by atoms with E-state index in [9.17, 15) is 0 Å². The Kier molecular flexibility index (Phi) is 5.04. The van der Waals surface area contributed by atoms with Crippen LogP contribution in [0.25, 0.3) is 0 Å². The lowest BCUT2D eigenvalue weighted by Crippen LogP contribution is -2.07. The Morgan fingerprint density at radius 2 is 2.09 bits per heavy atom. The molecule has 8 heteroatoms. The summed E-state index contributed by atoms with van der Waals surface area (Å²) in [5.74, 6) is 1.91. The maximum absolute atomic E-state index is 5.81. The molecule has 0 spiro atoms. The van der Waals surface area contributed by atoms with Crippen LogP contribution in [0.3, 0.4) is 0 Å². The number of nitrogen functional groups attached to an aromatic ring is 1. The third-order valence-electron chi connectivity index (χ3n) is 3.08. The summed E-state index contributed by atoms with van der Waals surface area (Å²) in [5, 5.41) is 5.18. The molecule has 0 saturated heterocycles. The predicted molar refractivity (Wildman–Crippen MR) is 95.0 cm³/mol. The van der Waals surface area contributed by atoms with Gasteiger partial charge < -0.3 is 11.1 Å². The molecule has 0 atom stereocenters. The van der Waals surface area contributed by atoms with Crippen molar-refractivity contribution in [2.75, 3.05) is 11.1 Å². The fourth-order valence-electron chi connectivity index (χ4n) is 2.04. The SMILES string of the molecule is CCc1ccccc1Nc1nc(N)nc(CSc2nccs2)n1. The zero-order valence-electron chi connectivity index (χ0n) is 12.6. The second kappa shape index (κ2) is 7.38. The van der Waals surface area contributed by atoms with Crippen LogP contribution >= 0.6 is 23.1 Å². The minimum Gasteiger partial charge on any atom is -0.368 e. The highest BCUT2D eigenvalue weighted by atomic mass is 32.2. The van der Waals surface area contributed by atoms with Crippen LogP contribution in [-0.4, -0.2) is 19.9 Å². The van der Waals surface area contributed by atoms with Gasteiger partial charge >= 0.3 is 0 Å². The van der Waals surface area contributed by atoms with Gasteiger partial charge in [0.1, 0.15) is 10.2 Å². The van der Waals surface area contributed by atoms with Crippen molar-refractivity contribution >= 4 is 40.7 Å². The van der Waals surface area contributed by atoms with Crippen LogP contribution in [0.2, 0.25) is 0 Å². The number of benzene rings is 1. The Labute approximate surface area is 142 Å². The van der Waals surface area contributed by atoms with E-state index < -0.39 is 0 Å². The lowest BCUT2D eigenvalue weighted by molar-refractivity contribution is 0.979. The predicted octanol–water partition coefficient (Wildman–Crippen LogP) is 3.51. The zero-order valence-corrected chi connectivity index (χ0v) is 14.2. The molecular formula is C15H16N6S2. The molecule has 0 bridgehead atoms. The van der Waals surface area contributed by atoms with Crippen LogP contribution in [-0.2, 0) is 12.2 Å². The van der Waals surface area contributed by atoms with Gasteiger partial charge in [0.05, 0.1) is 5.75 Å². The summed E-state index contributed by atoms with van der Waals surface area (Å²) in [6.07, 6.45) is 2.71. The normalized spacial score (nSPS) is 10.7. The van der Waals surface area contributed by atoms with Crippen LogP contribution in [0.4, 0.5) is 17.6 Å². The molecule has 3 N–H and O–H groups in total. The minimum atomic E-state index is 0.214. The van der Waals surface area contributed by atoms with Crippen LogP contribution in [0, 0.1) is 0 Å². The van der Waals surface area contributed by atoms with E-state index in [1.807, 2.05) is 23.6 Å². The first kappa shape index (κ1) is 15.7. The van der Waals surface area contributed by atoms with Crippen molar-refractivity contribution in [3.63, 3.8) is 0 Å². The topological polar surface area (TPSA) is 89.6 Å². The number of thioether (sulfide) groups is 1. The first-order valence-corrected chi connectivity index (χ1v) is 8.98. The molecule has 0 unspecified atom stereocenters. The van der Waals surface area contributed by atoms with Gasteiger partial charge in [-0.15, -0.1) is 11.3 Å². The monoisotopic (exact) mass is 344 g/mol. The Morgan fingerprint density at radius 1 is 1.22 bits per heavy atom. The van der Waals surface area contributed by atoms with E-state index in [4.69, 9.17) is 5.73 Å². The van der Waals surface area contributed by atoms with E-state index in [0.717, 1.165) is 16.4 Å². The van der Waals surface area contributed by atoms with Crippen molar-refractivity contribution in [3.05, 3.63) is 47.2 Å². The summed E-state index contributed by atoms with van der Waals surface area (Å²) in [6.45, 7) is 2.11. The van der Waals surface area contributed by atoms with Gasteiger partial charge in [0.15, 0.2) is 0 Å². The molecule has 0 aliphatic carbocycles. The Balaban J connectivity index is 1.77. The van der Waals surface area contributed by atoms with Crippen LogP contribution in [0.15, 0.2) is 40.2 Å². The van der Waals surface area contributed by atoms with Gasteiger partial charge in [-0.2, -0.15) is 15.0 Å². The van der Waals surface area contributed by atoms with E-state index in [1.54, 1.807) is 29.3 Å². The molecule has 3 aromatic rings. The first-order valence-electron chi connectivity index (χ1n) is 7.12. The zero-order chi connectivity index (χ0) is 16.1. The average Bonchev–Trinajstić information content (AvgIpc) is 3.06. The van der Waals surface area contributed by atoms with Crippen LogP contribution in [0.1, 0.15) is 18.3 Å². The van der Waals surface area contributed by atoms with Crippen molar-refractivity contribution in [3.8, 4) is 0 Å². The molecule has 0 radical (unpaired) electrons. The number of para-hydroxylation sites is 1. The highest BCUT2D eigenvalue weighted by molar-refractivity contribution is 8.00. The van der Waals surface area contributed by atoms with Crippen molar-refractivity contribution < 1.29 is 0 Å². The summed E-state index contributed by atoms with van der Waals surface area (Å²) in [4.78, 5) is 17.0. The number of rotatable bonds is 6. The molecular weight excluding hydrogens is 328 g/mol. The molecule has 0 fully saturated rings. The molecule has 6 nitrogen and oxygen atoms in total. The quantitative estimate of drug-likeness (QED) is 0.661. The van der Waals surface area contributed by atoms with E-state index in [1.165, 1.54) is 5.56 Å². The number of nitrogens with one attached hydrogen (secondary N) is 1. The highest BCUT2D eigenvalue weighted by Crippen LogP contribution is 2.24. The molecule has 0 aliphatic rings. The van der Waals surface area contributed by atoms with Crippen molar-refractivity contribution in [2.45, 2.75) is 23.4 Å². The Morgan fingerprint density at radius 3 is 2.87 bits per heavy atom. The number of anilines is 3. The van der Waals surface area contributed by atoms with E-state index in [0.29, 0.717) is 17.5 Å². The van der Waals surface area contributed by atoms with Crippen LogP contribution in [0.5, 0.6) is 0 Å². The van der Waals surface area contributed by atoms with Gasteiger partial charge in [-0.3, -0.25) is 0 Å². The second-order valence-corrected chi connectivity index (χ2v) is 6.77. The van der Waals surface area contributed by atoms with E-state index in [2.05, 4.69) is 38.2 Å². The fourth-order valence-corrected chi connectivity index (χ4v) is 3.53. The molecule has 118 valence electrons. The highest BCUT2D eigenvalue weighted by Gasteiger charge is 2.08. The van der Waals surface area contributed by atoms with E-state index >= 15 is 0 Å². The first-order chi connectivity index (χ1) is 11.2. The molecule has 1 aromatic carbocycles. The van der Waals surface area contributed by atoms with Crippen molar-refractivity contribution in [1.29, 1.82) is 0 Å². The third-order valence-corrected chi connectivity index (χ3v) is 5.04. The molecule has 2 aromatic heterocycles. The van der Waals surface area contributed by atoms with E-state index in [-0.39, 0.29) is 5.95 Å². The number of hydrogen-bond acceptors (Lipinski definition) is 8. The molecule has 0 amide bonds. The number of aromatic nitrogens is 4. The number of hydrogen-bond donors (Lipinski definition) is 2. The minimum absolute atomic E-state index is 0.214. The Bertz CT molecular complexity index is 775. The maximum atomic E-state index is 5.81. The summed E-state index contributed by atoms with van der Waals surface area (Å²) >= 11 is 3.17. The summed E-state index contributed by atoms with van der Waals surface area (Å²) in [7, 11) is 0. The van der Waals surface area contributed by atoms with Crippen molar-refractivity contribution in [2.24, 2.45) is 0 Å². The maximum Gasteiger partial charge on any atom is 0.232 e. The lowest BCUT2D eigenvalue weighted by atomic mass is 10.1. The summed E-state index contributed by atoms with van der Waals surface area (Å²) in [5.41, 5.74) is 7.99. The Hall–Kier alpha value is -2.19. The standard InChI is InChI=1S/C15H16N6S2/c1-2-10-5-3-4-6-11(10)18-14-20-12(19-13(16)21-14)9-23-15-17-7-8-22-15/h3-8H,2,9H2,1H3,(H3,16,18,19,20,21). The van der Waals surface area contributed by atoms with Gasteiger partial charge in [-0.25, -0.2) is 4.98 Å². The van der Waals surface area contributed by atoms with Crippen LogP contribution < -0.4 is 11.1 Å². The van der Waals surface area contributed by atoms with Crippen molar-refractivity contribution in [1.82, 2.24) is 19.9 Å². The van der Waals surface area contributed by atoms with Gasteiger partial charge in [0.2, 0.25) is 11.9 Å². The second-order valence-electron chi connectivity index (χ2n) is 4.66. The largest absolute Gasteiger partial charge is 0.368 e. The van der Waals surface area contributed by atoms with Gasteiger partial charge in [0.25, 0.3) is 0 Å². The number of nitrogens with zero attached hydrogens (tertiary/aromatic N) is 4. The van der Waals surface area contributed by atoms with Gasteiger partial charge in [-0.05, 0) is 18.1 Å². The molecule has 0 saturated carbocycles. The molecule has 3 rings (SSSR count). The summed E-state index contributed by atoms with van der Waals surface area (Å²) < 4.78 is 0.981. The van der Waals surface area contributed by atoms with Gasteiger partial charge in [-0.1, -0.05) is 36.9 Å². The third kappa shape index (κ3) is 4.17. The molecule has 0 aliphatic heterocycles. The number of nitrogens with two attached hydrogens (primary N) is 1. The number of aryl methyl sites for hydroxylation is 1. The average molecular weight is 344 g/mol. The fraction of sp³-hybridized carbons (Fsp3) is 0.200. The van der Waals surface area contributed by atoms with Gasteiger partial charge in [0, 0.05) is 17.3 Å².